The largest absolute Gasteiger partial charge is 0.300 e. The first-order valence-corrected chi connectivity index (χ1v) is 11.2. The fraction of sp³-hybridized carbons (Fsp3) is 0.273. The summed E-state index contributed by atoms with van der Waals surface area (Å²) in [6.45, 7) is 6.23. The number of fused-ring (bicyclic) bond motifs is 1. The van der Waals surface area contributed by atoms with Crippen LogP contribution < -0.4 is 4.72 Å². The van der Waals surface area contributed by atoms with Crippen LogP contribution in [0.4, 0.5) is 0 Å². The SMILES string of the molecule is CC(C)(C)c1ccc(S(=O)(=O)NC2=CCC(=O)C3=CC(c4cn[nH]c4)C=CN23)cc1. The summed E-state index contributed by atoms with van der Waals surface area (Å²) in [7, 11) is -3.79. The number of allylic oxidation sites excluding steroid dienone is 4. The first-order chi connectivity index (χ1) is 14.1. The quantitative estimate of drug-likeness (QED) is 0.785. The van der Waals surface area contributed by atoms with E-state index in [9.17, 15) is 13.2 Å². The Kier molecular flexibility index (Phi) is 4.89. The highest BCUT2D eigenvalue weighted by Crippen LogP contribution is 2.32. The summed E-state index contributed by atoms with van der Waals surface area (Å²) in [5.74, 6) is 0.188. The highest BCUT2D eigenvalue weighted by atomic mass is 32.2. The number of nitrogens with zero attached hydrogens (tertiary/aromatic N) is 2. The van der Waals surface area contributed by atoms with Gasteiger partial charge in [-0.1, -0.05) is 39.0 Å². The van der Waals surface area contributed by atoms with Crippen molar-refractivity contribution in [3.8, 4) is 0 Å². The molecule has 1 atom stereocenters. The van der Waals surface area contributed by atoms with Crippen LogP contribution in [0.2, 0.25) is 0 Å². The van der Waals surface area contributed by atoms with Crippen LogP contribution in [0.1, 0.15) is 44.2 Å². The lowest BCUT2D eigenvalue weighted by molar-refractivity contribution is -0.116. The molecule has 0 fully saturated rings. The van der Waals surface area contributed by atoms with Gasteiger partial charge in [0.2, 0.25) is 0 Å². The van der Waals surface area contributed by atoms with E-state index in [0.29, 0.717) is 11.5 Å². The van der Waals surface area contributed by atoms with Crippen molar-refractivity contribution in [1.82, 2.24) is 19.8 Å². The number of benzene rings is 1. The number of ketones is 1. The fourth-order valence-corrected chi connectivity index (χ4v) is 4.54. The zero-order valence-electron chi connectivity index (χ0n) is 17.1. The van der Waals surface area contributed by atoms with E-state index in [1.54, 1.807) is 41.7 Å². The molecular weight excluding hydrogens is 400 g/mol. The van der Waals surface area contributed by atoms with Gasteiger partial charge in [-0.2, -0.15) is 5.10 Å². The maximum Gasteiger partial charge on any atom is 0.262 e. The van der Waals surface area contributed by atoms with E-state index in [1.165, 1.54) is 0 Å². The molecule has 2 aliphatic heterocycles. The van der Waals surface area contributed by atoms with Gasteiger partial charge >= 0.3 is 0 Å². The van der Waals surface area contributed by atoms with Crippen molar-refractivity contribution < 1.29 is 13.2 Å². The summed E-state index contributed by atoms with van der Waals surface area (Å²) in [6, 6.07) is 6.87. The van der Waals surface area contributed by atoms with Gasteiger partial charge in [0.05, 0.1) is 16.8 Å². The Morgan fingerprint density at radius 1 is 1.20 bits per heavy atom. The molecule has 2 aromatic rings. The molecule has 2 N–H and O–H groups in total. The maximum absolute atomic E-state index is 12.9. The van der Waals surface area contributed by atoms with Crippen LogP contribution in [0.15, 0.2) is 77.5 Å². The number of nitrogens with one attached hydrogen (secondary N) is 2. The van der Waals surface area contributed by atoms with Gasteiger partial charge in [0.15, 0.2) is 5.78 Å². The second-order valence-electron chi connectivity index (χ2n) is 8.42. The molecule has 0 aliphatic carbocycles. The van der Waals surface area contributed by atoms with Gasteiger partial charge < -0.3 is 4.90 Å². The van der Waals surface area contributed by atoms with Crippen molar-refractivity contribution in [3.63, 3.8) is 0 Å². The molecule has 156 valence electrons. The van der Waals surface area contributed by atoms with E-state index in [1.807, 2.05) is 24.3 Å². The third kappa shape index (κ3) is 3.82. The predicted molar refractivity (Wildman–Crippen MR) is 114 cm³/mol. The molecule has 0 bridgehead atoms. The van der Waals surface area contributed by atoms with Gasteiger partial charge in [-0.05, 0) is 35.3 Å². The van der Waals surface area contributed by atoms with Gasteiger partial charge in [-0.3, -0.25) is 14.6 Å². The lowest BCUT2D eigenvalue weighted by Gasteiger charge is -2.32. The van der Waals surface area contributed by atoms with Crippen LogP contribution in [0.3, 0.4) is 0 Å². The van der Waals surface area contributed by atoms with Crippen molar-refractivity contribution >= 4 is 15.8 Å². The Labute approximate surface area is 176 Å². The normalized spacial score (nSPS) is 19.2. The van der Waals surface area contributed by atoms with Gasteiger partial charge in [-0.15, -0.1) is 0 Å². The molecule has 0 saturated heterocycles. The summed E-state index contributed by atoms with van der Waals surface area (Å²) >= 11 is 0. The van der Waals surface area contributed by atoms with Crippen LogP contribution in [0.5, 0.6) is 0 Å². The zero-order valence-corrected chi connectivity index (χ0v) is 17.9. The monoisotopic (exact) mass is 424 g/mol. The number of carbonyl (C=O) groups is 1. The van der Waals surface area contributed by atoms with Crippen molar-refractivity contribution in [1.29, 1.82) is 0 Å². The number of aromatic nitrogens is 2. The molecule has 0 amide bonds. The minimum Gasteiger partial charge on any atom is -0.300 e. The predicted octanol–water partition coefficient (Wildman–Crippen LogP) is 3.30. The number of rotatable bonds is 4. The maximum atomic E-state index is 12.9. The molecule has 30 heavy (non-hydrogen) atoms. The Balaban J connectivity index is 1.58. The number of aromatic amines is 1. The average Bonchev–Trinajstić information content (AvgIpc) is 3.24. The third-order valence-electron chi connectivity index (χ3n) is 5.24. The third-order valence-corrected chi connectivity index (χ3v) is 6.61. The second-order valence-corrected chi connectivity index (χ2v) is 10.1. The number of sulfonamides is 1. The first-order valence-electron chi connectivity index (χ1n) is 9.70. The van der Waals surface area contributed by atoms with Crippen molar-refractivity contribution in [2.24, 2.45) is 0 Å². The van der Waals surface area contributed by atoms with Crippen molar-refractivity contribution in [3.05, 3.63) is 83.7 Å². The fourth-order valence-electron chi connectivity index (χ4n) is 3.47. The molecule has 1 aromatic carbocycles. The van der Waals surface area contributed by atoms with E-state index in [4.69, 9.17) is 0 Å². The molecule has 8 heteroatoms. The second kappa shape index (κ2) is 7.28. The molecule has 4 rings (SSSR count). The lowest BCUT2D eigenvalue weighted by Crippen LogP contribution is -2.37. The molecule has 1 aromatic heterocycles. The Morgan fingerprint density at radius 3 is 2.57 bits per heavy atom. The topological polar surface area (TPSA) is 95.2 Å². The summed E-state index contributed by atoms with van der Waals surface area (Å²) < 4.78 is 28.5. The summed E-state index contributed by atoms with van der Waals surface area (Å²) in [5, 5.41) is 6.72. The first kappa shape index (κ1) is 20.2. The highest BCUT2D eigenvalue weighted by Gasteiger charge is 2.30. The molecule has 0 radical (unpaired) electrons. The van der Waals surface area contributed by atoms with Crippen molar-refractivity contribution in [2.75, 3.05) is 0 Å². The lowest BCUT2D eigenvalue weighted by atomic mass is 9.87. The van der Waals surface area contributed by atoms with Gasteiger partial charge in [0.1, 0.15) is 5.82 Å². The minimum absolute atomic E-state index is 0.0637. The molecule has 1 unspecified atom stereocenters. The van der Waals surface area contributed by atoms with Gasteiger partial charge in [0, 0.05) is 30.3 Å². The van der Waals surface area contributed by atoms with Gasteiger partial charge in [0.25, 0.3) is 10.0 Å². The Hall–Kier alpha value is -3.13. The van der Waals surface area contributed by atoms with Crippen LogP contribution >= 0.6 is 0 Å². The minimum atomic E-state index is -3.79. The van der Waals surface area contributed by atoms with Crippen molar-refractivity contribution in [2.45, 2.75) is 43.4 Å². The standard InChI is InChI=1S/C22H24N4O3S/c1-22(2,3)17-4-6-18(7-5-17)30(28,29)25-21-9-8-20(27)19-12-15(10-11-26(19)21)16-13-23-24-14-16/h4-7,9-15,25H,8H2,1-3H3,(H,23,24). The summed E-state index contributed by atoms with van der Waals surface area (Å²) in [6.07, 6.45) is 10.7. The van der Waals surface area contributed by atoms with E-state index in [-0.39, 0.29) is 28.4 Å². The smallest absolute Gasteiger partial charge is 0.262 e. The van der Waals surface area contributed by atoms with Crippen LogP contribution in [-0.2, 0) is 20.2 Å². The number of H-pyrrole nitrogens is 1. The Morgan fingerprint density at radius 2 is 1.93 bits per heavy atom. The van der Waals surface area contributed by atoms with E-state index >= 15 is 0 Å². The highest BCUT2D eigenvalue weighted by molar-refractivity contribution is 7.89. The van der Waals surface area contributed by atoms with E-state index in [0.717, 1.165) is 11.1 Å². The Bertz CT molecular complexity index is 1150. The molecule has 2 aliphatic rings. The number of Topliss-reactive ketones (excluding diaryl/α,β-unsaturated/α-hetero) is 1. The summed E-state index contributed by atoms with van der Waals surface area (Å²) in [4.78, 5) is 14.2. The van der Waals surface area contributed by atoms with Crippen LogP contribution in [0.25, 0.3) is 0 Å². The molecule has 0 saturated carbocycles. The van der Waals surface area contributed by atoms with E-state index < -0.39 is 10.0 Å². The van der Waals surface area contributed by atoms with Crippen LogP contribution in [0, 0.1) is 0 Å². The number of hydrogen-bond acceptors (Lipinski definition) is 5. The van der Waals surface area contributed by atoms with Crippen LogP contribution in [-0.4, -0.2) is 29.3 Å². The van der Waals surface area contributed by atoms with Gasteiger partial charge in [-0.25, -0.2) is 8.42 Å². The molecular formula is C22H24N4O3S. The van der Waals surface area contributed by atoms with E-state index in [2.05, 4.69) is 35.7 Å². The number of carbonyl (C=O) groups excluding carboxylic acids is 1. The zero-order chi connectivity index (χ0) is 21.5. The molecule has 0 spiro atoms. The average molecular weight is 425 g/mol. The number of hydrogen-bond donors (Lipinski definition) is 2. The molecule has 7 nitrogen and oxygen atoms in total. The molecule has 3 heterocycles. The summed E-state index contributed by atoms with van der Waals surface area (Å²) in [5.41, 5.74) is 2.37.